The molecule has 0 spiro atoms. The maximum Gasteiger partial charge on any atom is 0.0462 e. The van der Waals surface area contributed by atoms with Crippen molar-refractivity contribution in [2.75, 3.05) is 13.7 Å². The lowest BCUT2D eigenvalue weighted by Gasteiger charge is -2.10. The lowest BCUT2D eigenvalue weighted by atomic mass is 10.0. The SMILES string of the molecule is C=C/C(CC(CC)CO)=N\C. The highest BCUT2D eigenvalue weighted by molar-refractivity contribution is 5.94. The molecule has 0 fully saturated rings. The van der Waals surface area contributed by atoms with Gasteiger partial charge in [-0.2, -0.15) is 0 Å². The number of hydrogen-bond acceptors (Lipinski definition) is 2. The fourth-order valence-electron chi connectivity index (χ4n) is 0.900. The second-order valence-corrected chi connectivity index (χ2v) is 2.58. The summed E-state index contributed by atoms with van der Waals surface area (Å²) in [4.78, 5) is 4.03. The van der Waals surface area contributed by atoms with E-state index in [9.17, 15) is 0 Å². The fourth-order valence-corrected chi connectivity index (χ4v) is 0.900. The van der Waals surface area contributed by atoms with Crippen LogP contribution in [0.5, 0.6) is 0 Å². The van der Waals surface area contributed by atoms with Gasteiger partial charge in [0.15, 0.2) is 0 Å². The predicted octanol–water partition coefficient (Wildman–Crippen LogP) is 1.65. The molecule has 0 aliphatic heterocycles. The highest BCUT2D eigenvalue weighted by Crippen LogP contribution is 2.08. The van der Waals surface area contributed by atoms with Gasteiger partial charge in [0.25, 0.3) is 0 Å². The van der Waals surface area contributed by atoms with Crippen molar-refractivity contribution in [2.45, 2.75) is 19.8 Å². The number of allylic oxidation sites excluding steroid dienone is 1. The summed E-state index contributed by atoms with van der Waals surface area (Å²) in [6.45, 7) is 5.95. The molecule has 0 saturated heterocycles. The minimum absolute atomic E-state index is 0.239. The van der Waals surface area contributed by atoms with Crippen molar-refractivity contribution in [3.8, 4) is 0 Å². The summed E-state index contributed by atoms with van der Waals surface area (Å²) in [5, 5.41) is 8.88. The Hall–Kier alpha value is -0.630. The average molecular weight is 155 g/mol. The molecule has 11 heavy (non-hydrogen) atoms. The molecule has 0 aromatic rings. The first-order valence-corrected chi connectivity index (χ1v) is 3.97. The van der Waals surface area contributed by atoms with Crippen LogP contribution in [0.4, 0.5) is 0 Å². The van der Waals surface area contributed by atoms with Crippen LogP contribution in [0.25, 0.3) is 0 Å². The van der Waals surface area contributed by atoms with Crippen LogP contribution in [0.15, 0.2) is 17.6 Å². The van der Waals surface area contributed by atoms with Gasteiger partial charge in [-0.25, -0.2) is 0 Å². The molecule has 64 valence electrons. The summed E-state index contributed by atoms with van der Waals surface area (Å²) in [7, 11) is 1.75. The zero-order valence-corrected chi connectivity index (χ0v) is 7.38. The minimum Gasteiger partial charge on any atom is -0.396 e. The average Bonchev–Trinajstić information content (AvgIpc) is 2.07. The van der Waals surface area contributed by atoms with Crippen LogP contribution in [-0.4, -0.2) is 24.5 Å². The van der Waals surface area contributed by atoms with Crippen molar-refractivity contribution in [3.63, 3.8) is 0 Å². The third kappa shape index (κ3) is 3.94. The van der Waals surface area contributed by atoms with E-state index >= 15 is 0 Å². The minimum atomic E-state index is 0.239. The van der Waals surface area contributed by atoms with Crippen LogP contribution >= 0.6 is 0 Å². The Balaban J connectivity index is 3.88. The van der Waals surface area contributed by atoms with Gasteiger partial charge in [0.1, 0.15) is 0 Å². The van der Waals surface area contributed by atoms with Gasteiger partial charge < -0.3 is 5.11 Å². The Kier molecular flexibility index (Phi) is 5.75. The molecule has 0 bridgehead atoms. The van der Waals surface area contributed by atoms with Crippen molar-refractivity contribution in [3.05, 3.63) is 12.7 Å². The van der Waals surface area contributed by atoms with E-state index in [1.54, 1.807) is 13.1 Å². The van der Waals surface area contributed by atoms with Crippen LogP contribution in [0, 0.1) is 5.92 Å². The van der Waals surface area contributed by atoms with E-state index in [1.165, 1.54) is 0 Å². The second-order valence-electron chi connectivity index (χ2n) is 2.58. The van der Waals surface area contributed by atoms with Gasteiger partial charge in [-0.1, -0.05) is 19.9 Å². The van der Waals surface area contributed by atoms with Crippen LogP contribution in [0.3, 0.4) is 0 Å². The zero-order valence-electron chi connectivity index (χ0n) is 7.38. The Morgan fingerprint density at radius 1 is 1.73 bits per heavy atom. The fraction of sp³-hybridized carbons (Fsp3) is 0.667. The number of aliphatic imine (C=N–C) groups is 1. The van der Waals surface area contributed by atoms with Crippen LogP contribution in [0.1, 0.15) is 19.8 Å². The van der Waals surface area contributed by atoms with Gasteiger partial charge in [0.2, 0.25) is 0 Å². The molecule has 0 saturated carbocycles. The summed E-state index contributed by atoms with van der Waals surface area (Å²) in [5.41, 5.74) is 0.978. The number of hydrogen-bond donors (Lipinski definition) is 1. The number of aliphatic hydroxyl groups excluding tert-OH is 1. The largest absolute Gasteiger partial charge is 0.396 e. The van der Waals surface area contributed by atoms with Crippen molar-refractivity contribution in [2.24, 2.45) is 10.9 Å². The predicted molar refractivity (Wildman–Crippen MR) is 49.0 cm³/mol. The normalized spacial score (nSPS) is 14.6. The summed E-state index contributed by atoms with van der Waals surface area (Å²) in [6.07, 6.45) is 3.58. The molecule has 0 amide bonds. The zero-order chi connectivity index (χ0) is 8.69. The molecule has 2 heteroatoms. The first kappa shape index (κ1) is 10.4. The standard InChI is InChI=1S/C9H17NO/c1-4-8(7-11)6-9(5-2)10-3/h5,8,11H,2,4,6-7H2,1,3H3/b10-9+. The highest BCUT2D eigenvalue weighted by atomic mass is 16.3. The summed E-state index contributed by atoms with van der Waals surface area (Å²) >= 11 is 0. The van der Waals surface area contributed by atoms with Crippen molar-refractivity contribution >= 4 is 5.71 Å². The van der Waals surface area contributed by atoms with Crippen LogP contribution in [0.2, 0.25) is 0 Å². The molecule has 0 aliphatic rings. The molecule has 0 rings (SSSR count). The van der Waals surface area contributed by atoms with E-state index in [-0.39, 0.29) is 6.61 Å². The topological polar surface area (TPSA) is 32.6 Å². The van der Waals surface area contributed by atoms with Gasteiger partial charge in [0, 0.05) is 19.4 Å². The molecule has 0 aliphatic carbocycles. The van der Waals surface area contributed by atoms with E-state index in [0.717, 1.165) is 18.6 Å². The second kappa shape index (κ2) is 6.10. The first-order valence-electron chi connectivity index (χ1n) is 3.97. The molecule has 1 unspecified atom stereocenters. The van der Waals surface area contributed by atoms with Gasteiger partial charge in [-0.3, -0.25) is 4.99 Å². The highest BCUT2D eigenvalue weighted by Gasteiger charge is 2.05. The van der Waals surface area contributed by atoms with Gasteiger partial charge in [-0.15, -0.1) is 0 Å². The maximum atomic E-state index is 8.88. The molecular formula is C9H17NO. The maximum absolute atomic E-state index is 8.88. The Bertz CT molecular complexity index is 136. The molecule has 1 N–H and O–H groups in total. The summed E-state index contributed by atoms with van der Waals surface area (Å²) < 4.78 is 0. The summed E-state index contributed by atoms with van der Waals surface area (Å²) in [6, 6.07) is 0. The van der Waals surface area contributed by atoms with E-state index in [1.807, 2.05) is 0 Å². The Morgan fingerprint density at radius 2 is 2.36 bits per heavy atom. The number of aliphatic hydroxyl groups is 1. The lowest BCUT2D eigenvalue weighted by molar-refractivity contribution is 0.227. The van der Waals surface area contributed by atoms with Crippen LogP contribution in [-0.2, 0) is 0 Å². The number of nitrogens with zero attached hydrogens (tertiary/aromatic N) is 1. The molecule has 2 nitrogen and oxygen atoms in total. The van der Waals surface area contributed by atoms with E-state index in [4.69, 9.17) is 5.11 Å². The molecule has 1 atom stereocenters. The van der Waals surface area contributed by atoms with E-state index in [2.05, 4.69) is 18.5 Å². The lowest BCUT2D eigenvalue weighted by Crippen LogP contribution is -2.09. The molecule has 0 radical (unpaired) electrons. The molecule has 0 heterocycles. The van der Waals surface area contributed by atoms with E-state index in [0.29, 0.717) is 5.92 Å². The monoisotopic (exact) mass is 155 g/mol. The first-order chi connectivity index (χ1) is 5.28. The third-order valence-corrected chi connectivity index (χ3v) is 1.86. The van der Waals surface area contributed by atoms with Crippen molar-refractivity contribution in [1.29, 1.82) is 0 Å². The molecular weight excluding hydrogens is 138 g/mol. The Labute approximate surface area is 68.7 Å². The van der Waals surface area contributed by atoms with Crippen molar-refractivity contribution in [1.82, 2.24) is 0 Å². The van der Waals surface area contributed by atoms with Gasteiger partial charge >= 0.3 is 0 Å². The number of rotatable bonds is 5. The van der Waals surface area contributed by atoms with Crippen molar-refractivity contribution < 1.29 is 5.11 Å². The third-order valence-electron chi connectivity index (χ3n) is 1.86. The van der Waals surface area contributed by atoms with E-state index < -0.39 is 0 Å². The molecule has 0 aromatic carbocycles. The van der Waals surface area contributed by atoms with Crippen LogP contribution < -0.4 is 0 Å². The smallest absolute Gasteiger partial charge is 0.0462 e. The summed E-state index contributed by atoms with van der Waals surface area (Å²) in [5.74, 6) is 0.340. The molecule has 0 aromatic heterocycles. The van der Waals surface area contributed by atoms with Gasteiger partial charge in [0.05, 0.1) is 0 Å². The van der Waals surface area contributed by atoms with Gasteiger partial charge in [-0.05, 0) is 18.4 Å². The Morgan fingerprint density at radius 3 is 2.64 bits per heavy atom. The quantitative estimate of drug-likeness (QED) is 0.602.